The monoisotopic (exact) mass is 324 g/mol. The molecule has 3 rings (SSSR count). The van der Waals surface area contributed by atoms with Crippen LogP contribution in [0.25, 0.3) is 0 Å². The van der Waals surface area contributed by atoms with Crippen LogP contribution in [0.15, 0.2) is 42.5 Å². The molecule has 1 heterocycles. The highest BCUT2D eigenvalue weighted by Gasteiger charge is 2.36. The first-order chi connectivity index (χ1) is 11.5. The number of likely N-dealkylation sites (tertiary alicyclic amines) is 1. The zero-order valence-electron chi connectivity index (χ0n) is 13.7. The van der Waals surface area contributed by atoms with Crippen LogP contribution in [0.5, 0.6) is 5.75 Å². The third-order valence-corrected chi connectivity index (χ3v) is 4.39. The molecule has 124 valence electrons. The van der Waals surface area contributed by atoms with Gasteiger partial charge in [0, 0.05) is 18.7 Å². The van der Waals surface area contributed by atoms with Crippen molar-refractivity contribution < 1.29 is 14.7 Å². The van der Waals surface area contributed by atoms with Crippen LogP contribution in [-0.2, 0) is 9.59 Å². The van der Waals surface area contributed by atoms with Crippen molar-refractivity contribution in [1.82, 2.24) is 4.90 Å². The summed E-state index contributed by atoms with van der Waals surface area (Å²) in [6, 6.07) is 11.5. The number of rotatable bonds is 4. The van der Waals surface area contributed by atoms with Crippen molar-refractivity contribution in [1.29, 1.82) is 0 Å². The fraction of sp³-hybridized carbons (Fsp3) is 0.263. The summed E-state index contributed by atoms with van der Waals surface area (Å²) >= 11 is 0. The molecule has 0 unspecified atom stereocenters. The third kappa shape index (κ3) is 2.97. The van der Waals surface area contributed by atoms with Crippen LogP contribution in [0.4, 0.5) is 5.69 Å². The normalized spacial score (nSPS) is 14.9. The van der Waals surface area contributed by atoms with Gasteiger partial charge in [-0.2, -0.15) is 0 Å². The summed E-state index contributed by atoms with van der Waals surface area (Å²) < 4.78 is 0. The molecule has 1 fully saturated rings. The Morgan fingerprint density at radius 3 is 2.25 bits per heavy atom. The summed E-state index contributed by atoms with van der Waals surface area (Å²) in [5.41, 5.74) is 3.41. The second-order valence-electron chi connectivity index (χ2n) is 6.09. The Bertz CT molecular complexity index is 763. The van der Waals surface area contributed by atoms with Gasteiger partial charge in [-0.3, -0.25) is 9.59 Å². The van der Waals surface area contributed by atoms with E-state index in [4.69, 9.17) is 0 Å². The SMILES string of the molecule is Cc1cccc(C)c1NC(=O)[C@H](c1ccc(O)cc1)N1CCC1=O. The van der Waals surface area contributed by atoms with Crippen molar-refractivity contribution in [2.75, 3.05) is 11.9 Å². The fourth-order valence-electron chi connectivity index (χ4n) is 2.94. The first-order valence-electron chi connectivity index (χ1n) is 7.93. The molecule has 0 bridgehead atoms. The average Bonchev–Trinajstić information content (AvgIpc) is 2.55. The molecule has 5 nitrogen and oxygen atoms in total. The van der Waals surface area contributed by atoms with Crippen molar-refractivity contribution in [2.24, 2.45) is 0 Å². The first kappa shape index (κ1) is 16.1. The molecule has 1 saturated heterocycles. The van der Waals surface area contributed by atoms with E-state index >= 15 is 0 Å². The molecule has 24 heavy (non-hydrogen) atoms. The highest BCUT2D eigenvalue weighted by molar-refractivity contribution is 5.99. The lowest BCUT2D eigenvalue weighted by atomic mass is 9.99. The zero-order chi connectivity index (χ0) is 17.3. The molecular weight excluding hydrogens is 304 g/mol. The van der Waals surface area contributed by atoms with E-state index in [0.29, 0.717) is 18.5 Å². The predicted molar refractivity (Wildman–Crippen MR) is 91.7 cm³/mol. The summed E-state index contributed by atoms with van der Waals surface area (Å²) in [5, 5.41) is 12.4. The number of phenolic OH excluding ortho intramolecular Hbond substituents is 1. The number of aryl methyl sites for hydroxylation is 2. The van der Waals surface area contributed by atoms with E-state index in [-0.39, 0.29) is 17.6 Å². The van der Waals surface area contributed by atoms with E-state index in [1.54, 1.807) is 17.0 Å². The number of aromatic hydroxyl groups is 1. The summed E-state index contributed by atoms with van der Waals surface area (Å²) in [6.07, 6.45) is 0.464. The van der Waals surface area contributed by atoms with Gasteiger partial charge in [0.15, 0.2) is 0 Å². The van der Waals surface area contributed by atoms with Crippen molar-refractivity contribution in [3.8, 4) is 5.75 Å². The van der Waals surface area contributed by atoms with Crippen LogP contribution in [0, 0.1) is 13.8 Å². The maximum Gasteiger partial charge on any atom is 0.251 e. The summed E-state index contributed by atoms with van der Waals surface area (Å²) in [4.78, 5) is 26.4. The summed E-state index contributed by atoms with van der Waals surface area (Å²) in [6.45, 7) is 4.43. The number of hydrogen-bond donors (Lipinski definition) is 2. The van der Waals surface area contributed by atoms with Gasteiger partial charge in [-0.05, 0) is 42.7 Å². The predicted octanol–water partition coefficient (Wildman–Crippen LogP) is 2.92. The summed E-state index contributed by atoms with van der Waals surface area (Å²) in [7, 11) is 0. The van der Waals surface area contributed by atoms with Gasteiger partial charge in [0.25, 0.3) is 5.91 Å². The minimum Gasteiger partial charge on any atom is -0.508 e. The summed E-state index contributed by atoms with van der Waals surface area (Å²) in [5.74, 6) is -0.154. The van der Waals surface area contributed by atoms with Crippen LogP contribution in [0.2, 0.25) is 0 Å². The smallest absolute Gasteiger partial charge is 0.251 e. The molecular formula is C19H20N2O3. The van der Waals surface area contributed by atoms with Gasteiger partial charge in [0.2, 0.25) is 5.91 Å². The molecule has 1 aliphatic heterocycles. The van der Waals surface area contributed by atoms with E-state index in [9.17, 15) is 14.7 Å². The van der Waals surface area contributed by atoms with Crippen LogP contribution in [-0.4, -0.2) is 28.4 Å². The minimum atomic E-state index is -0.689. The molecule has 5 heteroatoms. The van der Waals surface area contributed by atoms with Crippen molar-refractivity contribution in [2.45, 2.75) is 26.3 Å². The molecule has 0 spiro atoms. The number of carbonyl (C=O) groups excluding carboxylic acids is 2. The maximum atomic E-state index is 12.9. The molecule has 2 N–H and O–H groups in total. The van der Waals surface area contributed by atoms with Crippen molar-refractivity contribution in [3.63, 3.8) is 0 Å². The number of carbonyl (C=O) groups is 2. The number of amides is 2. The highest BCUT2D eigenvalue weighted by Crippen LogP contribution is 2.30. The zero-order valence-corrected chi connectivity index (χ0v) is 13.7. The van der Waals surface area contributed by atoms with E-state index in [2.05, 4.69) is 5.32 Å². The molecule has 1 atom stereocenters. The van der Waals surface area contributed by atoms with Crippen LogP contribution in [0.1, 0.15) is 29.2 Å². The first-order valence-corrected chi connectivity index (χ1v) is 7.93. The van der Waals surface area contributed by atoms with Crippen LogP contribution >= 0.6 is 0 Å². The number of nitrogens with one attached hydrogen (secondary N) is 1. The van der Waals surface area contributed by atoms with Gasteiger partial charge in [-0.25, -0.2) is 0 Å². The number of anilines is 1. The number of β-lactam (4-membered cyclic amide) rings is 1. The largest absolute Gasteiger partial charge is 0.508 e. The van der Waals surface area contributed by atoms with Gasteiger partial charge >= 0.3 is 0 Å². The lowest BCUT2D eigenvalue weighted by Gasteiger charge is -2.37. The standard InChI is InChI=1S/C19H20N2O3/c1-12-4-3-5-13(2)17(12)20-19(24)18(21-11-10-16(21)23)14-6-8-15(22)9-7-14/h3-9,18,22H,10-11H2,1-2H3,(H,20,24)/t18-/m0/s1. The third-order valence-electron chi connectivity index (χ3n) is 4.39. The van der Waals surface area contributed by atoms with E-state index in [1.165, 1.54) is 12.1 Å². The average molecular weight is 324 g/mol. The van der Waals surface area contributed by atoms with E-state index in [0.717, 1.165) is 16.8 Å². The Morgan fingerprint density at radius 2 is 1.75 bits per heavy atom. The second kappa shape index (κ2) is 6.35. The second-order valence-corrected chi connectivity index (χ2v) is 6.09. The minimum absolute atomic E-state index is 0.0373. The topological polar surface area (TPSA) is 69.6 Å². The lowest BCUT2D eigenvalue weighted by molar-refractivity contribution is -0.147. The Hall–Kier alpha value is -2.82. The quantitative estimate of drug-likeness (QED) is 0.850. The lowest BCUT2D eigenvalue weighted by Crippen LogP contribution is -2.49. The Labute approximate surface area is 140 Å². The molecule has 1 aliphatic rings. The fourth-order valence-corrected chi connectivity index (χ4v) is 2.94. The highest BCUT2D eigenvalue weighted by atomic mass is 16.3. The van der Waals surface area contributed by atoms with Gasteiger partial charge in [-0.1, -0.05) is 30.3 Å². The number of phenols is 1. The Kier molecular flexibility index (Phi) is 4.25. The van der Waals surface area contributed by atoms with Gasteiger partial charge in [0.1, 0.15) is 11.8 Å². The molecule has 2 amide bonds. The molecule has 0 saturated carbocycles. The van der Waals surface area contributed by atoms with Gasteiger partial charge < -0.3 is 15.3 Å². The maximum absolute atomic E-state index is 12.9. The molecule has 0 radical (unpaired) electrons. The molecule has 0 aromatic heterocycles. The van der Waals surface area contributed by atoms with Gasteiger partial charge in [-0.15, -0.1) is 0 Å². The van der Waals surface area contributed by atoms with E-state index in [1.807, 2.05) is 32.0 Å². The molecule has 2 aromatic rings. The number of benzene rings is 2. The van der Waals surface area contributed by atoms with Crippen LogP contribution < -0.4 is 5.32 Å². The van der Waals surface area contributed by atoms with Gasteiger partial charge in [0.05, 0.1) is 0 Å². The number of para-hydroxylation sites is 1. The van der Waals surface area contributed by atoms with Crippen molar-refractivity contribution >= 4 is 17.5 Å². The number of hydrogen-bond acceptors (Lipinski definition) is 3. The molecule has 2 aromatic carbocycles. The van der Waals surface area contributed by atoms with Crippen molar-refractivity contribution in [3.05, 3.63) is 59.2 Å². The Balaban J connectivity index is 1.92. The number of nitrogens with zero attached hydrogens (tertiary/aromatic N) is 1. The molecule has 0 aliphatic carbocycles. The Morgan fingerprint density at radius 1 is 1.12 bits per heavy atom. The van der Waals surface area contributed by atoms with Crippen LogP contribution in [0.3, 0.4) is 0 Å². The van der Waals surface area contributed by atoms with E-state index < -0.39 is 6.04 Å².